The third kappa shape index (κ3) is 2.75. The van der Waals surface area contributed by atoms with Crippen molar-refractivity contribution in [2.24, 2.45) is 5.92 Å². The molecule has 0 amide bonds. The maximum absolute atomic E-state index is 6.33. The van der Waals surface area contributed by atoms with Crippen molar-refractivity contribution >= 4 is 27.5 Å². The molecular formula is C20H24BrClN2. The Kier molecular flexibility index (Phi) is 4.53. The Labute approximate surface area is 157 Å². The summed E-state index contributed by atoms with van der Waals surface area (Å²) in [6, 6.07) is 6.92. The van der Waals surface area contributed by atoms with Crippen LogP contribution >= 0.6 is 27.5 Å². The summed E-state index contributed by atoms with van der Waals surface area (Å²) in [5.74, 6) is 0.669. The van der Waals surface area contributed by atoms with Gasteiger partial charge in [-0.3, -0.25) is 0 Å². The number of allylic oxidation sites excluding steroid dienone is 2. The summed E-state index contributed by atoms with van der Waals surface area (Å²) < 4.78 is 1.14. The van der Waals surface area contributed by atoms with Crippen LogP contribution in [0.5, 0.6) is 0 Å². The Bertz CT molecular complexity index is 706. The van der Waals surface area contributed by atoms with Gasteiger partial charge in [-0.1, -0.05) is 24.6 Å². The minimum atomic E-state index is 0.0918. The van der Waals surface area contributed by atoms with E-state index in [9.17, 15) is 0 Å². The number of dihydropyridines is 1. The van der Waals surface area contributed by atoms with Crippen LogP contribution in [0.25, 0.3) is 0 Å². The average Bonchev–Trinajstić information content (AvgIpc) is 2.71. The lowest BCUT2D eigenvalue weighted by atomic mass is 9.62. The van der Waals surface area contributed by atoms with E-state index in [4.69, 9.17) is 11.6 Å². The zero-order valence-electron chi connectivity index (χ0n) is 14.0. The second-order valence-electron chi connectivity index (χ2n) is 7.46. The van der Waals surface area contributed by atoms with Gasteiger partial charge in [-0.05, 0) is 95.5 Å². The Hall–Kier alpha value is -0.770. The summed E-state index contributed by atoms with van der Waals surface area (Å²) in [5, 5.41) is 8.10. The molecule has 1 aromatic carbocycles. The maximum atomic E-state index is 6.33. The van der Waals surface area contributed by atoms with Crippen LogP contribution < -0.4 is 10.6 Å². The van der Waals surface area contributed by atoms with Crippen molar-refractivity contribution in [3.05, 3.63) is 56.7 Å². The van der Waals surface area contributed by atoms with E-state index in [1.165, 1.54) is 29.5 Å². The Morgan fingerprint density at radius 1 is 1.21 bits per heavy atom. The van der Waals surface area contributed by atoms with Crippen molar-refractivity contribution in [1.82, 2.24) is 10.6 Å². The fourth-order valence-corrected chi connectivity index (χ4v) is 5.57. The molecule has 4 rings (SSSR count). The van der Waals surface area contributed by atoms with E-state index in [1.807, 2.05) is 0 Å². The van der Waals surface area contributed by atoms with Gasteiger partial charge in [0.05, 0.1) is 6.04 Å². The summed E-state index contributed by atoms with van der Waals surface area (Å²) in [6.45, 7) is 4.71. The van der Waals surface area contributed by atoms with E-state index in [2.05, 4.69) is 64.0 Å². The van der Waals surface area contributed by atoms with Gasteiger partial charge in [0.15, 0.2) is 0 Å². The van der Waals surface area contributed by atoms with Crippen LogP contribution in [0.3, 0.4) is 0 Å². The highest BCUT2D eigenvalue weighted by molar-refractivity contribution is 9.11. The van der Waals surface area contributed by atoms with Gasteiger partial charge < -0.3 is 10.6 Å². The summed E-state index contributed by atoms with van der Waals surface area (Å²) in [6.07, 6.45) is 9.07. The third-order valence-electron chi connectivity index (χ3n) is 6.20. The lowest BCUT2D eigenvalue weighted by Gasteiger charge is -2.47. The minimum Gasteiger partial charge on any atom is -0.383 e. The van der Waals surface area contributed by atoms with E-state index >= 15 is 0 Å². The lowest BCUT2D eigenvalue weighted by molar-refractivity contribution is 0.194. The molecule has 2 nitrogen and oxygen atoms in total. The first kappa shape index (κ1) is 16.7. The van der Waals surface area contributed by atoms with Gasteiger partial charge in [0.25, 0.3) is 0 Å². The molecule has 0 spiro atoms. The van der Waals surface area contributed by atoms with E-state index < -0.39 is 0 Å². The average molecular weight is 408 g/mol. The fraction of sp³-hybridized carbons (Fsp3) is 0.500. The van der Waals surface area contributed by atoms with Crippen LogP contribution in [0.2, 0.25) is 5.02 Å². The predicted octanol–water partition coefficient (Wildman–Crippen LogP) is 4.68. The predicted molar refractivity (Wildman–Crippen MR) is 105 cm³/mol. The molecule has 24 heavy (non-hydrogen) atoms. The molecule has 2 heterocycles. The zero-order valence-corrected chi connectivity index (χ0v) is 16.4. The molecule has 1 saturated heterocycles. The van der Waals surface area contributed by atoms with Gasteiger partial charge in [-0.15, -0.1) is 0 Å². The number of rotatable bonds is 1. The van der Waals surface area contributed by atoms with Gasteiger partial charge >= 0.3 is 0 Å². The van der Waals surface area contributed by atoms with Crippen molar-refractivity contribution in [1.29, 1.82) is 0 Å². The molecule has 1 aliphatic carbocycles. The molecule has 4 heteroatoms. The number of benzene rings is 1. The monoisotopic (exact) mass is 406 g/mol. The Morgan fingerprint density at radius 2 is 2.00 bits per heavy atom. The molecule has 3 aliphatic rings. The topological polar surface area (TPSA) is 24.1 Å². The maximum Gasteiger partial charge on any atom is 0.0569 e. The standard InChI is InChI=1S/C20H24BrClN2/c1-20(15-6-8-23-9-7-15)18-5-4-17(22)11-13(18)2-3-14-10-16(21)12-24-19(14)20/h4-5,10-12,15,19,23-24H,2-3,6-9H2,1H3. The number of nitrogens with one attached hydrogen (secondary N) is 2. The number of halogens is 2. The summed E-state index contributed by atoms with van der Waals surface area (Å²) in [7, 11) is 0. The largest absolute Gasteiger partial charge is 0.383 e. The van der Waals surface area contributed by atoms with Crippen LogP contribution in [-0.4, -0.2) is 19.1 Å². The van der Waals surface area contributed by atoms with Crippen molar-refractivity contribution in [3.8, 4) is 0 Å². The van der Waals surface area contributed by atoms with Crippen molar-refractivity contribution in [2.75, 3.05) is 13.1 Å². The minimum absolute atomic E-state index is 0.0918. The van der Waals surface area contributed by atoms with Crippen molar-refractivity contribution in [2.45, 2.75) is 44.1 Å². The fourth-order valence-electron chi connectivity index (χ4n) is 4.95. The van der Waals surface area contributed by atoms with E-state index in [0.717, 1.165) is 35.4 Å². The second kappa shape index (κ2) is 6.51. The Morgan fingerprint density at radius 3 is 2.79 bits per heavy atom. The highest BCUT2D eigenvalue weighted by Crippen LogP contribution is 2.48. The van der Waals surface area contributed by atoms with Crippen LogP contribution in [0, 0.1) is 5.92 Å². The summed E-state index contributed by atoms with van der Waals surface area (Å²) >= 11 is 9.97. The molecule has 1 aromatic rings. The quantitative estimate of drug-likeness (QED) is 0.706. The molecule has 1 fully saturated rings. The zero-order chi connectivity index (χ0) is 16.7. The van der Waals surface area contributed by atoms with Crippen molar-refractivity contribution in [3.63, 3.8) is 0 Å². The smallest absolute Gasteiger partial charge is 0.0569 e. The van der Waals surface area contributed by atoms with E-state index in [-0.39, 0.29) is 5.41 Å². The van der Waals surface area contributed by atoms with E-state index in [0.29, 0.717) is 12.0 Å². The summed E-state index contributed by atoms with van der Waals surface area (Å²) in [5.41, 5.74) is 4.52. The van der Waals surface area contributed by atoms with Crippen LogP contribution in [0.4, 0.5) is 0 Å². The number of piperidine rings is 1. The molecule has 0 radical (unpaired) electrons. The normalized spacial score (nSPS) is 30.4. The first-order chi connectivity index (χ1) is 11.6. The molecule has 0 bridgehead atoms. The molecule has 2 unspecified atom stereocenters. The molecule has 2 N–H and O–H groups in total. The van der Waals surface area contributed by atoms with Gasteiger partial charge in [0.2, 0.25) is 0 Å². The Balaban J connectivity index is 1.86. The van der Waals surface area contributed by atoms with Gasteiger partial charge in [-0.25, -0.2) is 0 Å². The lowest BCUT2D eigenvalue weighted by Crippen LogP contribution is -2.53. The first-order valence-corrected chi connectivity index (χ1v) is 10.1. The molecule has 128 valence electrons. The first-order valence-electron chi connectivity index (χ1n) is 8.91. The van der Waals surface area contributed by atoms with Crippen LogP contribution in [0.1, 0.15) is 37.3 Å². The SMILES string of the molecule is CC1(C2CCNCC2)c2ccc(Cl)cc2CCC2=CC(Br)=CNC21. The number of aryl methyl sites for hydroxylation is 1. The summed E-state index contributed by atoms with van der Waals surface area (Å²) in [4.78, 5) is 0. The van der Waals surface area contributed by atoms with E-state index in [1.54, 1.807) is 0 Å². The van der Waals surface area contributed by atoms with Crippen molar-refractivity contribution < 1.29 is 0 Å². The van der Waals surface area contributed by atoms with Gasteiger partial charge in [0, 0.05) is 21.1 Å². The van der Waals surface area contributed by atoms with Crippen LogP contribution in [0.15, 0.2) is 40.5 Å². The molecule has 0 aromatic heterocycles. The highest BCUT2D eigenvalue weighted by Gasteiger charge is 2.47. The number of hydrogen-bond donors (Lipinski definition) is 2. The third-order valence-corrected chi connectivity index (χ3v) is 6.89. The van der Waals surface area contributed by atoms with Gasteiger partial charge in [-0.2, -0.15) is 0 Å². The second-order valence-corrected chi connectivity index (χ2v) is 8.81. The highest BCUT2D eigenvalue weighted by atomic mass is 79.9. The number of hydrogen-bond acceptors (Lipinski definition) is 2. The molecule has 2 atom stereocenters. The molecule has 0 saturated carbocycles. The van der Waals surface area contributed by atoms with Gasteiger partial charge in [0.1, 0.15) is 0 Å². The molecular weight excluding hydrogens is 384 g/mol. The molecule has 2 aliphatic heterocycles. The van der Waals surface area contributed by atoms with Crippen LogP contribution in [-0.2, 0) is 11.8 Å². The number of fused-ring (bicyclic) bond motifs is 2.